The van der Waals surface area contributed by atoms with Gasteiger partial charge >= 0.3 is 0 Å². The Kier molecular flexibility index (Phi) is 5.22. The number of fused-ring (bicyclic) bond motifs is 2. The first-order chi connectivity index (χ1) is 17.2. The summed E-state index contributed by atoms with van der Waals surface area (Å²) in [5.74, 6) is 2.31. The van der Waals surface area contributed by atoms with Crippen molar-refractivity contribution in [2.24, 2.45) is 0 Å². The molecule has 2 aromatic heterocycles. The van der Waals surface area contributed by atoms with E-state index in [0.29, 0.717) is 12.4 Å². The molecule has 0 atom stereocenters. The average Bonchev–Trinajstić information content (AvgIpc) is 3.52. The first kappa shape index (κ1) is 21.0. The SMILES string of the molecule is CCn1nnc2cc(-c3nc(-c4ccc5ccccc5c4)nn3Cc3ccc(OC)cc3)ccc21. The van der Waals surface area contributed by atoms with E-state index < -0.39 is 0 Å². The van der Waals surface area contributed by atoms with Gasteiger partial charge in [-0.25, -0.2) is 14.3 Å². The Morgan fingerprint density at radius 3 is 2.40 bits per heavy atom. The predicted molar refractivity (Wildman–Crippen MR) is 137 cm³/mol. The van der Waals surface area contributed by atoms with Gasteiger partial charge in [0.05, 0.1) is 19.2 Å². The molecule has 0 aliphatic heterocycles. The van der Waals surface area contributed by atoms with E-state index in [1.807, 2.05) is 39.7 Å². The van der Waals surface area contributed by atoms with Crippen LogP contribution in [0.2, 0.25) is 0 Å². The molecule has 7 nitrogen and oxygen atoms in total. The fraction of sp³-hybridized carbons (Fsp3) is 0.143. The molecule has 6 rings (SSSR count). The second-order valence-electron chi connectivity index (χ2n) is 8.44. The molecule has 0 unspecified atom stereocenters. The van der Waals surface area contributed by atoms with Crippen molar-refractivity contribution in [2.75, 3.05) is 7.11 Å². The van der Waals surface area contributed by atoms with E-state index in [0.717, 1.165) is 51.2 Å². The van der Waals surface area contributed by atoms with E-state index in [4.69, 9.17) is 14.8 Å². The van der Waals surface area contributed by atoms with Crippen molar-refractivity contribution >= 4 is 21.8 Å². The number of hydrogen-bond acceptors (Lipinski definition) is 5. The summed E-state index contributed by atoms with van der Waals surface area (Å²) >= 11 is 0. The summed E-state index contributed by atoms with van der Waals surface area (Å²) in [6.07, 6.45) is 0. The monoisotopic (exact) mass is 460 g/mol. The number of nitrogens with zero attached hydrogens (tertiary/aromatic N) is 6. The third-order valence-electron chi connectivity index (χ3n) is 6.24. The molecule has 0 spiro atoms. The maximum atomic E-state index is 5.31. The topological polar surface area (TPSA) is 70.7 Å². The first-order valence-electron chi connectivity index (χ1n) is 11.6. The van der Waals surface area contributed by atoms with Crippen molar-refractivity contribution in [2.45, 2.75) is 20.0 Å². The maximum absolute atomic E-state index is 5.31. The number of rotatable bonds is 6. The molecule has 6 aromatic rings. The molecule has 2 heterocycles. The van der Waals surface area contributed by atoms with E-state index in [9.17, 15) is 0 Å². The highest BCUT2D eigenvalue weighted by Crippen LogP contribution is 2.28. The summed E-state index contributed by atoms with van der Waals surface area (Å²) in [5, 5.41) is 15.9. The van der Waals surface area contributed by atoms with Crippen molar-refractivity contribution in [1.82, 2.24) is 29.8 Å². The van der Waals surface area contributed by atoms with Gasteiger partial charge in [0.2, 0.25) is 0 Å². The molecule has 172 valence electrons. The molecular formula is C28H24N6O. The number of benzene rings is 4. The van der Waals surface area contributed by atoms with Crippen LogP contribution in [0.3, 0.4) is 0 Å². The van der Waals surface area contributed by atoms with Crippen molar-refractivity contribution in [3.8, 4) is 28.5 Å². The fourth-order valence-corrected chi connectivity index (χ4v) is 4.37. The lowest BCUT2D eigenvalue weighted by atomic mass is 10.1. The molecular weight excluding hydrogens is 436 g/mol. The van der Waals surface area contributed by atoms with Crippen LogP contribution in [0.15, 0.2) is 84.9 Å². The zero-order valence-corrected chi connectivity index (χ0v) is 19.6. The van der Waals surface area contributed by atoms with Crippen LogP contribution in [0.4, 0.5) is 0 Å². The van der Waals surface area contributed by atoms with Gasteiger partial charge in [0.15, 0.2) is 11.6 Å². The molecule has 0 aliphatic carbocycles. The summed E-state index contributed by atoms with van der Waals surface area (Å²) in [6, 6.07) is 28.8. The number of aromatic nitrogens is 6. The Morgan fingerprint density at radius 1 is 0.800 bits per heavy atom. The van der Waals surface area contributed by atoms with Crippen molar-refractivity contribution in [3.63, 3.8) is 0 Å². The molecule has 0 saturated carbocycles. The van der Waals surface area contributed by atoms with Gasteiger partial charge in [-0.15, -0.1) is 5.10 Å². The van der Waals surface area contributed by atoms with Crippen molar-refractivity contribution < 1.29 is 4.74 Å². The molecule has 0 radical (unpaired) electrons. The predicted octanol–water partition coefficient (Wildman–Crippen LogP) is 5.59. The van der Waals surface area contributed by atoms with Crippen LogP contribution in [0.5, 0.6) is 5.75 Å². The van der Waals surface area contributed by atoms with Crippen molar-refractivity contribution in [1.29, 1.82) is 0 Å². The van der Waals surface area contributed by atoms with Crippen LogP contribution < -0.4 is 4.74 Å². The Morgan fingerprint density at radius 2 is 1.60 bits per heavy atom. The fourth-order valence-electron chi connectivity index (χ4n) is 4.37. The molecule has 0 bridgehead atoms. The van der Waals surface area contributed by atoms with Gasteiger partial charge in [0.25, 0.3) is 0 Å². The van der Waals surface area contributed by atoms with Gasteiger partial charge in [0, 0.05) is 17.7 Å². The first-order valence-corrected chi connectivity index (χ1v) is 11.6. The third kappa shape index (κ3) is 3.91. The third-order valence-corrected chi connectivity index (χ3v) is 6.24. The van der Waals surface area contributed by atoms with Gasteiger partial charge < -0.3 is 4.74 Å². The summed E-state index contributed by atoms with van der Waals surface area (Å²) in [5.41, 5.74) is 4.90. The molecule has 0 fully saturated rings. The quantitative estimate of drug-likeness (QED) is 0.324. The molecule has 0 aliphatic rings. The highest BCUT2D eigenvalue weighted by Gasteiger charge is 2.16. The van der Waals surface area contributed by atoms with Gasteiger partial charge in [-0.3, -0.25) is 0 Å². The van der Waals surface area contributed by atoms with Gasteiger partial charge in [-0.2, -0.15) is 5.10 Å². The number of aryl methyl sites for hydroxylation is 1. The Balaban J connectivity index is 1.46. The second-order valence-corrected chi connectivity index (χ2v) is 8.44. The van der Waals surface area contributed by atoms with Crippen LogP contribution in [0, 0.1) is 0 Å². The van der Waals surface area contributed by atoms with E-state index in [1.54, 1.807) is 7.11 Å². The minimum atomic E-state index is 0.583. The highest BCUT2D eigenvalue weighted by atomic mass is 16.5. The summed E-state index contributed by atoms with van der Waals surface area (Å²) in [6.45, 7) is 3.42. The number of ether oxygens (including phenoxy) is 1. The summed E-state index contributed by atoms with van der Waals surface area (Å²) in [7, 11) is 1.67. The molecule has 0 saturated heterocycles. The standard InChI is InChI=1S/C28H24N6O/c1-3-33-26-15-12-23(17-25(26)30-32-33)28-29-27(22-11-10-20-6-4-5-7-21(20)16-22)31-34(28)18-19-8-13-24(35-2)14-9-19/h4-17H,3,18H2,1-2H3. The van der Waals surface area contributed by atoms with Crippen LogP contribution in [-0.4, -0.2) is 36.9 Å². The Hall–Kier alpha value is -4.52. The minimum absolute atomic E-state index is 0.583. The number of methoxy groups -OCH3 is 1. The largest absolute Gasteiger partial charge is 0.497 e. The number of hydrogen-bond donors (Lipinski definition) is 0. The van der Waals surface area contributed by atoms with Crippen molar-refractivity contribution in [3.05, 3.63) is 90.5 Å². The molecule has 7 heteroatoms. The van der Waals surface area contributed by atoms with Crippen LogP contribution >= 0.6 is 0 Å². The second kappa shape index (κ2) is 8.68. The lowest BCUT2D eigenvalue weighted by Gasteiger charge is -2.07. The normalized spacial score (nSPS) is 11.4. The van der Waals surface area contributed by atoms with Gasteiger partial charge in [-0.1, -0.05) is 53.7 Å². The molecule has 35 heavy (non-hydrogen) atoms. The smallest absolute Gasteiger partial charge is 0.181 e. The summed E-state index contributed by atoms with van der Waals surface area (Å²) < 4.78 is 9.16. The Labute approximate surface area is 202 Å². The zero-order chi connectivity index (χ0) is 23.8. The van der Waals surface area contributed by atoms with E-state index in [2.05, 4.69) is 71.8 Å². The Bertz CT molecular complexity index is 1650. The minimum Gasteiger partial charge on any atom is -0.497 e. The van der Waals surface area contributed by atoms with Gasteiger partial charge in [0.1, 0.15) is 11.3 Å². The zero-order valence-electron chi connectivity index (χ0n) is 19.6. The highest BCUT2D eigenvalue weighted by molar-refractivity contribution is 5.86. The van der Waals surface area contributed by atoms with Crippen LogP contribution in [-0.2, 0) is 13.1 Å². The van der Waals surface area contributed by atoms with E-state index in [-0.39, 0.29) is 0 Å². The van der Waals surface area contributed by atoms with Gasteiger partial charge in [-0.05, 0) is 59.7 Å². The molecule has 0 amide bonds. The van der Waals surface area contributed by atoms with Crippen LogP contribution in [0.1, 0.15) is 12.5 Å². The lowest BCUT2D eigenvalue weighted by Crippen LogP contribution is -2.04. The lowest BCUT2D eigenvalue weighted by molar-refractivity contribution is 0.414. The summed E-state index contributed by atoms with van der Waals surface area (Å²) in [4.78, 5) is 4.99. The van der Waals surface area contributed by atoms with Crippen LogP contribution in [0.25, 0.3) is 44.6 Å². The van der Waals surface area contributed by atoms with E-state index in [1.165, 1.54) is 5.39 Å². The molecule has 4 aromatic carbocycles. The molecule has 0 N–H and O–H groups in total. The van der Waals surface area contributed by atoms with E-state index >= 15 is 0 Å². The average molecular weight is 461 g/mol. The maximum Gasteiger partial charge on any atom is 0.181 e.